The number of anilines is 1. The molecule has 128 valence electrons. The fraction of sp³-hybridized carbons (Fsp3) is 0.312. The molecule has 1 atom stereocenters. The molecule has 0 unspecified atom stereocenters. The fourth-order valence-electron chi connectivity index (χ4n) is 2.01. The molecule has 0 aliphatic carbocycles. The van der Waals surface area contributed by atoms with Gasteiger partial charge in [0.05, 0.1) is 5.69 Å². The van der Waals surface area contributed by atoms with Gasteiger partial charge in [0.25, 0.3) is 5.91 Å². The molecule has 1 amide bonds. The number of hydrogen-bond donors (Lipinski definition) is 1. The van der Waals surface area contributed by atoms with Crippen LogP contribution in [0.4, 0.5) is 14.5 Å². The molecule has 8 heteroatoms. The largest absolute Gasteiger partial charge is 0.449 e. The third kappa shape index (κ3) is 3.76. The average Bonchev–Trinajstić information content (AvgIpc) is 2.91. The molecule has 1 heterocycles. The van der Waals surface area contributed by atoms with E-state index in [-0.39, 0.29) is 11.3 Å². The van der Waals surface area contributed by atoms with E-state index in [1.54, 1.807) is 13.8 Å². The second-order valence-electron chi connectivity index (χ2n) is 5.08. The van der Waals surface area contributed by atoms with Gasteiger partial charge in [-0.3, -0.25) is 4.79 Å². The molecule has 0 bridgehead atoms. The first kappa shape index (κ1) is 17.6. The summed E-state index contributed by atoms with van der Waals surface area (Å²) in [4.78, 5) is 24.2. The third-order valence-electron chi connectivity index (χ3n) is 3.31. The summed E-state index contributed by atoms with van der Waals surface area (Å²) in [7, 11) is 0. The zero-order valence-electron chi connectivity index (χ0n) is 13.4. The molecule has 0 spiro atoms. The lowest BCUT2D eigenvalue weighted by molar-refractivity contribution is -0.123. The maximum Gasteiger partial charge on any atom is 0.344 e. The number of aryl methyl sites for hydroxylation is 2. The lowest BCUT2D eigenvalue weighted by Gasteiger charge is -2.13. The Bertz CT molecular complexity index is 773. The molecule has 24 heavy (non-hydrogen) atoms. The van der Waals surface area contributed by atoms with Crippen molar-refractivity contribution < 1.29 is 27.6 Å². The number of hydrogen-bond acceptors (Lipinski definition) is 5. The van der Waals surface area contributed by atoms with Gasteiger partial charge in [0.2, 0.25) is 0 Å². The molecule has 2 rings (SSSR count). The van der Waals surface area contributed by atoms with Crippen LogP contribution >= 0.6 is 0 Å². The van der Waals surface area contributed by atoms with Crippen molar-refractivity contribution in [3.8, 4) is 0 Å². The van der Waals surface area contributed by atoms with E-state index < -0.39 is 29.6 Å². The van der Waals surface area contributed by atoms with E-state index in [2.05, 4.69) is 10.5 Å². The number of aromatic nitrogens is 1. The normalized spacial score (nSPS) is 11.9. The molecular formula is C16H16F2N2O4. The van der Waals surface area contributed by atoms with Crippen LogP contribution in [-0.2, 0) is 16.0 Å². The van der Waals surface area contributed by atoms with Crippen LogP contribution in [0.3, 0.4) is 0 Å². The van der Waals surface area contributed by atoms with Crippen LogP contribution in [0.5, 0.6) is 0 Å². The summed E-state index contributed by atoms with van der Waals surface area (Å²) in [6.07, 6.45) is -0.679. The Hall–Kier alpha value is -2.77. The van der Waals surface area contributed by atoms with Gasteiger partial charge in [-0.15, -0.1) is 0 Å². The SMILES string of the molecule is CCc1noc(C)c1C(=O)O[C@H](C)C(=O)Nc1ccc(F)c(F)c1. The third-order valence-corrected chi connectivity index (χ3v) is 3.31. The Kier molecular flexibility index (Phi) is 5.28. The van der Waals surface area contributed by atoms with Crippen LogP contribution < -0.4 is 5.32 Å². The van der Waals surface area contributed by atoms with Crippen LogP contribution in [0.15, 0.2) is 22.7 Å². The Balaban J connectivity index is 2.04. The zero-order valence-corrected chi connectivity index (χ0v) is 13.4. The highest BCUT2D eigenvalue weighted by molar-refractivity contribution is 5.98. The molecule has 0 fully saturated rings. The molecule has 0 saturated heterocycles. The number of benzene rings is 1. The number of halogens is 2. The van der Waals surface area contributed by atoms with Crippen LogP contribution in [0.2, 0.25) is 0 Å². The first-order valence-electron chi connectivity index (χ1n) is 7.25. The van der Waals surface area contributed by atoms with E-state index in [0.29, 0.717) is 17.9 Å². The first-order chi connectivity index (χ1) is 11.3. The predicted octanol–water partition coefficient (Wildman–Crippen LogP) is 3.01. The number of ether oxygens (including phenoxy) is 1. The van der Waals surface area contributed by atoms with E-state index in [1.165, 1.54) is 13.0 Å². The number of carbonyl (C=O) groups is 2. The number of carbonyl (C=O) groups excluding carboxylic acids is 2. The highest BCUT2D eigenvalue weighted by atomic mass is 19.2. The summed E-state index contributed by atoms with van der Waals surface area (Å²) in [5.41, 5.74) is 0.674. The second kappa shape index (κ2) is 7.20. The van der Waals surface area contributed by atoms with Gasteiger partial charge in [0.15, 0.2) is 17.7 Å². The van der Waals surface area contributed by atoms with Crippen molar-refractivity contribution in [2.24, 2.45) is 0 Å². The van der Waals surface area contributed by atoms with Crippen molar-refractivity contribution >= 4 is 17.6 Å². The van der Waals surface area contributed by atoms with E-state index in [0.717, 1.165) is 12.1 Å². The minimum Gasteiger partial charge on any atom is -0.449 e. The predicted molar refractivity (Wildman–Crippen MR) is 80.5 cm³/mol. The van der Waals surface area contributed by atoms with Gasteiger partial charge < -0.3 is 14.6 Å². The molecule has 6 nitrogen and oxygen atoms in total. The average molecular weight is 338 g/mol. The van der Waals surface area contributed by atoms with E-state index in [4.69, 9.17) is 9.26 Å². The van der Waals surface area contributed by atoms with Gasteiger partial charge in [-0.05, 0) is 32.4 Å². The summed E-state index contributed by atoms with van der Waals surface area (Å²) in [6, 6.07) is 2.92. The topological polar surface area (TPSA) is 81.4 Å². The minimum absolute atomic E-state index is 0.0530. The Morgan fingerprint density at radius 2 is 2.04 bits per heavy atom. The Morgan fingerprint density at radius 1 is 1.33 bits per heavy atom. The van der Waals surface area contributed by atoms with E-state index in [1.807, 2.05) is 0 Å². The molecule has 2 aromatic rings. The molecule has 0 radical (unpaired) electrons. The van der Waals surface area contributed by atoms with Crippen molar-refractivity contribution in [1.82, 2.24) is 5.16 Å². The number of esters is 1. The molecule has 1 aromatic heterocycles. The molecule has 1 N–H and O–H groups in total. The summed E-state index contributed by atoms with van der Waals surface area (Å²) in [5.74, 6) is -3.24. The summed E-state index contributed by atoms with van der Waals surface area (Å²) < 4.78 is 36.0. The summed E-state index contributed by atoms with van der Waals surface area (Å²) in [5, 5.41) is 6.08. The van der Waals surface area contributed by atoms with Gasteiger partial charge in [0, 0.05) is 11.8 Å². The van der Waals surface area contributed by atoms with Gasteiger partial charge in [0.1, 0.15) is 11.3 Å². The monoisotopic (exact) mass is 338 g/mol. The molecule has 0 saturated carbocycles. The van der Waals surface area contributed by atoms with Gasteiger partial charge in [-0.25, -0.2) is 13.6 Å². The van der Waals surface area contributed by atoms with Crippen LogP contribution in [0.1, 0.15) is 35.7 Å². The fourth-order valence-corrected chi connectivity index (χ4v) is 2.01. The number of nitrogens with zero attached hydrogens (tertiary/aromatic N) is 1. The van der Waals surface area contributed by atoms with Gasteiger partial charge in [-0.1, -0.05) is 12.1 Å². The second-order valence-corrected chi connectivity index (χ2v) is 5.08. The summed E-state index contributed by atoms with van der Waals surface area (Å²) in [6.45, 7) is 4.73. The lowest BCUT2D eigenvalue weighted by atomic mass is 10.1. The number of rotatable bonds is 5. The first-order valence-corrected chi connectivity index (χ1v) is 7.25. The smallest absolute Gasteiger partial charge is 0.344 e. The lowest BCUT2D eigenvalue weighted by Crippen LogP contribution is -2.30. The van der Waals surface area contributed by atoms with Crippen molar-refractivity contribution in [2.75, 3.05) is 5.32 Å². The minimum atomic E-state index is -1.15. The van der Waals surface area contributed by atoms with Gasteiger partial charge >= 0.3 is 5.97 Å². The van der Waals surface area contributed by atoms with Crippen LogP contribution in [0.25, 0.3) is 0 Å². The Morgan fingerprint density at radius 3 is 2.67 bits per heavy atom. The molecular weight excluding hydrogens is 322 g/mol. The van der Waals surface area contributed by atoms with E-state index in [9.17, 15) is 18.4 Å². The van der Waals surface area contributed by atoms with Crippen molar-refractivity contribution in [2.45, 2.75) is 33.3 Å². The number of amides is 1. The van der Waals surface area contributed by atoms with Crippen LogP contribution in [-0.4, -0.2) is 23.1 Å². The zero-order chi connectivity index (χ0) is 17.9. The standard InChI is InChI=1S/C16H16F2N2O4/c1-4-13-14(8(2)24-20-13)16(22)23-9(3)15(21)19-10-5-6-11(17)12(18)7-10/h5-7,9H,4H2,1-3H3,(H,19,21)/t9-/m1/s1. The van der Waals surface area contributed by atoms with Crippen molar-refractivity contribution in [3.05, 3.63) is 46.9 Å². The molecule has 1 aromatic carbocycles. The highest BCUT2D eigenvalue weighted by Gasteiger charge is 2.25. The quantitative estimate of drug-likeness (QED) is 0.848. The van der Waals surface area contributed by atoms with Gasteiger partial charge in [-0.2, -0.15) is 0 Å². The number of nitrogens with one attached hydrogen (secondary N) is 1. The summed E-state index contributed by atoms with van der Waals surface area (Å²) >= 11 is 0. The van der Waals surface area contributed by atoms with Crippen molar-refractivity contribution in [3.63, 3.8) is 0 Å². The molecule has 0 aliphatic heterocycles. The maximum absolute atomic E-state index is 13.1. The highest BCUT2D eigenvalue weighted by Crippen LogP contribution is 2.17. The molecule has 0 aliphatic rings. The Labute approximate surface area is 136 Å². The maximum atomic E-state index is 13.1. The van der Waals surface area contributed by atoms with E-state index >= 15 is 0 Å². The van der Waals surface area contributed by atoms with Crippen molar-refractivity contribution in [1.29, 1.82) is 0 Å². The van der Waals surface area contributed by atoms with Crippen LogP contribution in [0, 0.1) is 18.6 Å².